The maximum atomic E-state index is 5.87. The van der Waals surface area contributed by atoms with Gasteiger partial charge in [0.25, 0.3) is 0 Å². The average molecular weight is 423 g/mol. The Balaban J connectivity index is 1.85. The molecule has 0 fully saturated rings. The molecule has 2 aromatic carbocycles. The number of rotatable bonds is 7. The lowest BCUT2D eigenvalue weighted by Gasteiger charge is -2.32. The lowest BCUT2D eigenvalue weighted by molar-refractivity contribution is 0.212. The first kappa shape index (κ1) is 21.1. The first-order valence-corrected chi connectivity index (χ1v) is 10.5. The van der Waals surface area contributed by atoms with E-state index in [-0.39, 0.29) is 6.04 Å². The van der Waals surface area contributed by atoms with Crippen LogP contribution in [-0.4, -0.2) is 44.5 Å². The highest BCUT2D eigenvalue weighted by atomic mass is 16.5. The monoisotopic (exact) mass is 422 g/mol. The topological polar surface area (TPSA) is 45.1 Å². The van der Waals surface area contributed by atoms with Crippen LogP contribution in [0, 0.1) is 0 Å². The van der Waals surface area contributed by atoms with Crippen LogP contribution < -0.4 is 18.9 Å². The van der Waals surface area contributed by atoms with Crippen LogP contribution in [0.1, 0.15) is 29.3 Å². The minimum Gasteiger partial charge on any atom is -0.496 e. The van der Waals surface area contributed by atoms with Crippen LogP contribution in [0.3, 0.4) is 0 Å². The smallest absolute Gasteiger partial charge is 0.203 e. The fourth-order valence-corrected chi connectivity index (χ4v) is 4.56. The van der Waals surface area contributed by atoms with Crippen molar-refractivity contribution in [2.45, 2.75) is 25.6 Å². The average Bonchev–Trinajstić information content (AvgIpc) is 3.20. The highest BCUT2D eigenvalue weighted by molar-refractivity contribution is 5.58. The van der Waals surface area contributed by atoms with E-state index in [2.05, 4.69) is 46.0 Å². The van der Waals surface area contributed by atoms with Crippen molar-refractivity contribution in [1.82, 2.24) is 9.47 Å². The number of nitrogens with zero attached hydrogens (tertiary/aromatic N) is 2. The van der Waals surface area contributed by atoms with Crippen LogP contribution >= 0.6 is 0 Å². The van der Waals surface area contributed by atoms with Gasteiger partial charge in [-0.15, -0.1) is 0 Å². The first-order valence-electron chi connectivity index (χ1n) is 10.5. The highest BCUT2D eigenvalue weighted by Crippen LogP contribution is 2.46. The Kier molecular flexibility index (Phi) is 6.37. The molecule has 164 valence electrons. The highest BCUT2D eigenvalue weighted by Gasteiger charge is 2.32. The molecule has 31 heavy (non-hydrogen) atoms. The molecule has 0 spiro atoms. The van der Waals surface area contributed by atoms with Gasteiger partial charge in [0.05, 0.1) is 34.5 Å². The molecule has 1 unspecified atom stereocenters. The number of aromatic nitrogens is 1. The van der Waals surface area contributed by atoms with E-state index in [0.29, 0.717) is 17.2 Å². The van der Waals surface area contributed by atoms with Crippen LogP contribution in [0.15, 0.2) is 54.7 Å². The van der Waals surface area contributed by atoms with Crippen molar-refractivity contribution in [2.24, 2.45) is 0 Å². The molecule has 0 amide bonds. The van der Waals surface area contributed by atoms with Gasteiger partial charge in [-0.1, -0.05) is 18.2 Å². The summed E-state index contributed by atoms with van der Waals surface area (Å²) in [5, 5.41) is 0. The Morgan fingerprint density at radius 2 is 1.55 bits per heavy atom. The lowest BCUT2D eigenvalue weighted by Crippen LogP contribution is -2.30. The van der Waals surface area contributed by atoms with Gasteiger partial charge in [-0.2, -0.15) is 0 Å². The minimum absolute atomic E-state index is 0.00262. The van der Waals surface area contributed by atoms with Gasteiger partial charge in [0.15, 0.2) is 11.5 Å². The van der Waals surface area contributed by atoms with Gasteiger partial charge in [0.2, 0.25) is 5.75 Å². The van der Waals surface area contributed by atoms with E-state index in [9.17, 15) is 0 Å². The summed E-state index contributed by atoms with van der Waals surface area (Å²) in [7, 11) is 6.69. The number of hydrogen-bond donors (Lipinski definition) is 0. The van der Waals surface area contributed by atoms with E-state index >= 15 is 0 Å². The van der Waals surface area contributed by atoms with Crippen LogP contribution in [-0.2, 0) is 13.1 Å². The second kappa shape index (κ2) is 9.35. The quantitative estimate of drug-likeness (QED) is 0.560. The zero-order valence-corrected chi connectivity index (χ0v) is 18.6. The minimum atomic E-state index is -0.00262. The van der Waals surface area contributed by atoms with Crippen LogP contribution in [0.4, 0.5) is 0 Å². The largest absolute Gasteiger partial charge is 0.496 e. The Morgan fingerprint density at radius 1 is 0.774 bits per heavy atom. The summed E-state index contributed by atoms with van der Waals surface area (Å²) in [5.41, 5.74) is 3.45. The predicted molar refractivity (Wildman–Crippen MR) is 120 cm³/mol. The number of para-hydroxylation sites is 1. The van der Waals surface area contributed by atoms with Gasteiger partial charge in [-0.25, -0.2) is 0 Å². The Labute approximate surface area is 183 Å². The molecule has 0 aliphatic carbocycles. The summed E-state index contributed by atoms with van der Waals surface area (Å²) in [6.07, 6.45) is 3.21. The maximum Gasteiger partial charge on any atom is 0.203 e. The molecule has 1 aromatic heterocycles. The predicted octanol–water partition coefficient (Wildman–Crippen LogP) is 4.52. The lowest BCUT2D eigenvalue weighted by atomic mass is 9.98. The van der Waals surface area contributed by atoms with E-state index in [4.69, 9.17) is 18.9 Å². The van der Waals surface area contributed by atoms with Crippen molar-refractivity contribution in [3.8, 4) is 23.0 Å². The maximum absolute atomic E-state index is 5.87. The molecule has 3 aromatic rings. The van der Waals surface area contributed by atoms with Crippen molar-refractivity contribution in [3.63, 3.8) is 0 Å². The summed E-state index contributed by atoms with van der Waals surface area (Å²) in [5.74, 6) is 2.87. The van der Waals surface area contributed by atoms with Gasteiger partial charge in [-0.05, 0) is 36.8 Å². The molecule has 0 N–H and O–H groups in total. The molecule has 0 bridgehead atoms. The van der Waals surface area contributed by atoms with Gasteiger partial charge < -0.3 is 23.5 Å². The summed E-state index contributed by atoms with van der Waals surface area (Å²) < 4.78 is 25.0. The third-order valence-electron chi connectivity index (χ3n) is 5.95. The second-order valence-electron chi connectivity index (χ2n) is 7.59. The summed E-state index contributed by atoms with van der Waals surface area (Å²) >= 11 is 0. The van der Waals surface area contributed by atoms with Gasteiger partial charge in [0.1, 0.15) is 5.75 Å². The van der Waals surface area contributed by atoms with Crippen LogP contribution in [0.5, 0.6) is 23.0 Å². The van der Waals surface area contributed by atoms with Gasteiger partial charge in [0, 0.05) is 42.7 Å². The Morgan fingerprint density at radius 3 is 2.29 bits per heavy atom. The van der Waals surface area contributed by atoms with Crippen LogP contribution in [0.25, 0.3) is 0 Å². The van der Waals surface area contributed by atoms with Crippen LogP contribution in [0.2, 0.25) is 0 Å². The number of hydrogen-bond acceptors (Lipinski definition) is 5. The van der Waals surface area contributed by atoms with E-state index in [1.807, 2.05) is 18.2 Å². The molecular formula is C25H30N2O4. The number of methoxy groups -OCH3 is 4. The molecule has 1 aliphatic rings. The Hall–Kier alpha value is -3.12. The van der Waals surface area contributed by atoms with E-state index in [1.54, 1.807) is 28.4 Å². The number of benzene rings is 2. The summed E-state index contributed by atoms with van der Waals surface area (Å²) in [6, 6.07) is 16.6. The van der Waals surface area contributed by atoms with Gasteiger partial charge in [-0.3, -0.25) is 4.90 Å². The number of fused-ring (bicyclic) bond motifs is 1. The molecule has 6 nitrogen and oxygen atoms in total. The van der Waals surface area contributed by atoms with Crippen molar-refractivity contribution in [1.29, 1.82) is 0 Å². The summed E-state index contributed by atoms with van der Waals surface area (Å²) in [6.45, 7) is 2.69. The normalized spacial score (nSPS) is 16.3. The summed E-state index contributed by atoms with van der Waals surface area (Å²) in [4.78, 5) is 2.49. The van der Waals surface area contributed by atoms with Crippen molar-refractivity contribution >= 4 is 0 Å². The van der Waals surface area contributed by atoms with Crippen molar-refractivity contribution < 1.29 is 18.9 Å². The van der Waals surface area contributed by atoms with Crippen molar-refractivity contribution in [3.05, 3.63) is 71.5 Å². The molecule has 0 saturated heterocycles. The zero-order valence-electron chi connectivity index (χ0n) is 18.6. The molecule has 0 radical (unpaired) electrons. The SMILES string of the molecule is COc1ccccc1CN1CCCn2cccc2C1c1ccc(OC)c(OC)c1OC. The second-order valence-corrected chi connectivity index (χ2v) is 7.59. The third kappa shape index (κ3) is 3.95. The molecule has 2 heterocycles. The first-order chi connectivity index (χ1) is 15.2. The number of aryl methyl sites for hydroxylation is 1. The molecule has 6 heteroatoms. The number of ether oxygens (including phenoxy) is 4. The molecule has 1 aliphatic heterocycles. The zero-order chi connectivity index (χ0) is 21.8. The molecular weight excluding hydrogens is 392 g/mol. The van der Waals surface area contributed by atoms with Gasteiger partial charge >= 0.3 is 0 Å². The Bertz CT molecular complexity index is 1030. The van der Waals surface area contributed by atoms with E-state index < -0.39 is 0 Å². The third-order valence-corrected chi connectivity index (χ3v) is 5.95. The van der Waals surface area contributed by atoms with Crippen molar-refractivity contribution in [2.75, 3.05) is 35.0 Å². The molecule has 4 rings (SSSR count). The van der Waals surface area contributed by atoms with E-state index in [1.165, 1.54) is 5.69 Å². The fourth-order valence-electron chi connectivity index (χ4n) is 4.56. The van der Waals surface area contributed by atoms with E-state index in [0.717, 1.165) is 42.9 Å². The molecule has 1 atom stereocenters. The fraction of sp³-hybridized carbons (Fsp3) is 0.360. The molecule has 0 saturated carbocycles. The standard InChI is InChI=1S/C25H30N2O4/c1-28-21-11-6-5-9-18(21)17-27-16-8-15-26-14-7-10-20(26)23(27)19-12-13-22(29-2)25(31-4)24(19)30-3/h5-7,9-14,23H,8,15-17H2,1-4H3.